The van der Waals surface area contributed by atoms with Crippen molar-refractivity contribution in [3.63, 3.8) is 0 Å². The maximum atomic E-state index is 12.5. The fourth-order valence-electron chi connectivity index (χ4n) is 3.83. The van der Waals surface area contributed by atoms with Gasteiger partial charge < -0.3 is 19.7 Å². The van der Waals surface area contributed by atoms with Gasteiger partial charge in [-0.05, 0) is 43.7 Å². The lowest BCUT2D eigenvalue weighted by Gasteiger charge is -2.17. The Morgan fingerprint density at radius 2 is 1.84 bits per heavy atom. The maximum absolute atomic E-state index is 12.5. The number of aryl methyl sites for hydroxylation is 1. The molecule has 0 bridgehead atoms. The molecule has 1 fully saturated rings. The first-order chi connectivity index (χ1) is 17.7. The van der Waals surface area contributed by atoms with Crippen molar-refractivity contribution >= 4 is 40.8 Å². The van der Waals surface area contributed by atoms with Crippen molar-refractivity contribution in [2.75, 3.05) is 30.0 Å². The number of nitro benzene ring substituents is 1. The van der Waals surface area contributed by atoms with Crippen LogP contribution in [0, 0.1) is 23.0 Å². The summed E-state index contributed by atoms with van der Waals surface area (Å²) in [5.41, 5.74) is 1.40. The largest absolute Gasteiger partial charge is 0.462 e. The Balaban J connectivity index is 1.50. The zero-order valence-electron chi connectivity index (χ0n) is 20.7. The Labute approximate surface area is 213 Å². The minimum absolute atomic E-state index is 0.0737. The number of nitro groups is 1. The van der Waals surface area contributed by atoms with Crippen molar-refractivity contribution in [1.29, 1.82) is 0 Å². The second-order valence-corrected chi connectivity index (χ2v) is 8.71. The van der Waals surface area contributed by atoms with E-state index in [0.717, 1.165) is 19.3 Å². The Morgan fingerprint density at radius 3 is 2.51 bits per heavy atom. The van der Waals surface area contributed by atoms with Gasteiger partial charge in [0.2, 0.25) is 5.91 Å². The number of esters is 2. The molecule has 2 aromatic carbocycles. The summed E-state index contributed by atoms with van der Waals surface area (Å²) in [7, 11) is 0. The summed E-state index contributed by atoms with van der Waals surface area (Å²) in [6.07, 6.45) is 2.73. The van der Waals surface area contributed by atoms with Crippen LogP contribution >= 0.6 is 0 Å². The van der Waals surface area contributed by atoms with Crippen molar-refractivity contribution in [2.24, 2.45) is 5.92 Å². The van der Waals surface area contributed by atoms with Crippen molar-refractivity contribution < 1.29 is 33.6 Å². The smallest absolute Gasteiger partial charge is 0.338 e. The quantitative estimate of drug-likeness (QED) is 0.208. The molecule has 11 heteroatoms. The molecule has 1 heterocycles. The SMILES string of the molecule is CCCCCOC(=O)c1ccc(N2C[C@@H](C(=O)OCC(=O)Nc3ccc(C)c([N+](=O)[O-])c3)CC2=O)cc1. The first kappa shape index (κ1) is 27.3. The van der Waals surface area contributed by atoms with E-state index in [4.69, 9.17) is 9.47 Å². The molecule has 1 aliphatic heterocycles. The Hall–Kier alpha value is -4.28. The van der Waals surface area contributed by atoms with Crippen molar-refractivity contribution in [3.05, 3.63) is 63.7 Å². The molecule has 0 radical (unpaired) electrons. The van der Waals surface area contributed by atoms with E-state index in [0.29, 0.717) is 23.4 Å². The lowest BCUT2D eigenvalue weighted by atomic mass is 10.1. The average Bonchev–Trinajstić information content (AvgIpc) is 3.27. The molecule has 0 aliphatic carbocycles. The first-order valence-corrected chi connectivity index (χ1v) is 12.0. The van der Waals surface area contributed by atoms with Crippen LogP contribution in [0.3, 0.4) is 0 Å². The monoisotopic (exact) mass is 511 g/mol. The van der Waals surface area contributed by atoms with Crippen molar-refractivity contribution in [2.45, 2.75) is 39.5 Å². The third-order valence-electron chi connectivity index (χ3n) is 5.89. The van der Waals surface area contributed by atoms with Gasteiger partial charge in [-0.1, -0.05) is 25.8 Å². The predicted octanol–water partition coefficient (Wildman–Crippen LogP) is 3.79. The Morgan fingerprint density at radius 1 is 1.11 bits per heavy atom. The number of benzene rings is 2. The van der Waals surface area contributed by atoms with Crippen LogP contribution < -0.4 is 10.2 Å². The summed E-state index contributed by atoms with van der Waals surface area (Å²) in [5, 5.41) is 13.5. The van der Waals surface area contributed by atoms with Crippen molar-refractivity contribution in [1.82, 2.24) is 0 Å². The predicted molar refractivity (Wildman–Crippen MR) is 134 cm³/mol. The van der Waals surface area contributed by atoms with Gasteiger partial charge >= 0.3 is 11.9 Å². The second kappa shape index (κ2) is 12.6. The fourth-order valence-corrected chi connectivity index (χ4v) is 3.83. The van der Waals surface area contributed by atoms with E-state index in [9.17, 15) is 29.3 Å². The average molecular weight is 512 g/mol. The number of ether oxygens (including phenoxy) is 2. The third kappa shape index (κ3) is 7.35. The van der Waals surface area contributed by atoms with Gasteiger partial charge in [-0.3, -0.25) is 24.5 Å². The summed E-state index contributed by atoms with van der Waals surface area (Å²) in [6, 6.07) is 10.6. The Bertz CT molecular complexity index is 1180. The molecule has 0 unspecified atom stereocenters. The van der Waals surface area contributed by atoms with Gasteiger partial charge in [-0.25, -0.2) is 4.79 Å². The molecule has 2 amide bonds. The zero-order chi connectivity index (χ0) is 26.9. The number of nitrogens with one attached hydrogen (secondary N) is 1. The van der Waals surface area contributed by atoms with Crippen molar-refractivity contribution in [3.8, 4) is 0 Å². The van der Waals surface area contributed by atoms with Gasteiger partial charge in [0.1, 0.15) is 0 Å². The summed E-state index contributed by atoms with van der Waals surface area (Å²) in [6.45, 7) is 3.47. The topological polar surface area (TPSA) is 145 Å². The van der Waals surface area contributed by atoms with Crippen LogP contribution in [0.5, 0.6) is 0 Å². The molecule has 1 N–H and O–H groups in total. The van der Waals surface area contributed by atoms with Crippen LogP contribution in [0.15, 0.2) is 42.5 Å². The summed E-state index contributed by atoms with van der Waals surface area (Å²) < 4.78 is 10.3. The van der Waals surface area contributed by atoms with Crippen LogP contribution in [0.1, 0.15) is 48.5 Å². The number of rotatable bonds is 11. The maximum Gasteiger partial charge on any atom is 0.338 e. The lowest BCUT2D eigenvalue weighted by molar-refractivity contribution is -0.385. The molecule has 0 saturated carbocycles. The molecular weight excluding hydrogens is 482 g/mol. The van der Waals surface area contributed by atoms with E-state index in [1.165, 1.54) is 23.1 Å². The summed E-state index contributed by atoms with van der Waals surface area (Å²) in [4.78, 5) is 61.2. The van der Waals surface area contributed by atoms with Gasteiger partial charge in [0.15, 0.2) is 6.61 Å². The molecule has 196 valence electrons. The minimum Gasteiger partial charge on any atom is -0.462 e. The number of anilines is 2. The normalized spacial score (nSPS) is 14.8. The standard InChI is InChI=1S/C26H29N3O8/c1-3-4-5-12-36-25(32)18-7-10-21(11-8-18)28-15-19(13-24(28)31)26(33)37-16-23(30)27-20-9-6-17(2)22(14-20)29(34)35/h6-11,14,19H,3-5,12-13,15-16H2,1-2H3,(H,27,30)/t19-/m0/s1. The van der Waals surface area contributed by atoms with E-state index in [1.54, 1.807) is 31.2 Å². The van der Waals surface area contributed by atoms with Crippen LogP contribution in [-0.4, -0.2) is 48.4 Å². The Kier molecular flexibility index (Phi) is 9.31. The summed E-state index contributed by atoms with van der Waals surface area (Å²) in [5.74, 6) is -2.84. The molecular formula is C26H29N3O8. The van der Waals surface area contributed by atoms with E-state index in [2.05, 4.69) is 12.2 Å². The van der Waals surface area contributed by atoms with Crippen LogP contribution in [-0.2, 0) is 23.9 Å². The number of hydrogen-bond acceptors (Lipinski definition) is 8. The van der Waals surface area contributed by atoms with E-state index >= 15 is 0 Å². The highest BCUT2D eigenvalue weighted by Gasteiger charge is 2.36. The highest BCUT2D eigenvalue weighted by Crippen LogP contribution is 2.27. The lowest BCUT2D eigenvalue weighted by Crippen LogP contribution is -2.28. The number of nitrogens with zero attached hydrogens (tertiary/aromatic N) is 2. The highest BCUT2D eigenvalue weighted by molar-refractivity contribution is 6.00. The first-order valence-electron chi connectivity index (χ1n) is 12.0. The van der Waals surface area contributed by atoms with Crippen LogP contribution in [0.2, 0.25) is 0 Å². The number of hydrogen-bond donors (Lipinski definition) is 1. The van der Waals surface area contributed by atoms with Gasteiger partial charge in [0, 0.05) is 36.0 Å². The highest BCUT2D eigenvalue weighted by atomic mass is 16.6. The van der Waals surface area contributed by atoms with Crippen LogP contribution in [0.4, 0.5) is 17.1 Å². The molecule has 37 heavy (non-hydrogen) atoms. The number of carbonyl (C=O) groups is 4. The van der Waals surface area contributed by atoms with Gasteiger partial charge in [-0.2, -0.15) is 0 Å². The van der Waals surface area contributed by atoms with E-state index in [1.807, 2.05) is 0 Å². The fraction of sp³-hybridized carbons (Fsp3) is 0.385. The van der Waals surface area contributed by atoms with E-state index in [-0.39, 0.29) is 30.2 Å². The van der Waals surface area contributed by atoms with E-state index < -0.39 is 35.3 Å². The minimum atomic E-state index is -0.760. The van der Waals surface area contributed by atoms with Gasteiger partial charge in [-0.15, -0.1) is 0 Å². The zero-order valence-corrected chi connectivity index (χ0v) is 20.7. The summed E-state index contributed by atoms with van der Waals surface area (Å²) >= 11 is 0. The number of unbranched alkanes of at least 4 members (excludes halogenated alkanes) is 2. The van der Waals surface area contributed by atoms with Gasteiger partial charge in [0.25, 0.3) is 11.6 Å². The molecule has 1 aliphatic rings. The molecule has 1 saturated heterocycles. The second-order valence-electron chi connectivity index (χ2n) is 8.71. The molecule has 1 atom stereocenters. The van der Waals surface area contributed by atoms with Crippen LogP contribution in [0.25, 0.3) is 0 Å². The molecule has 0 spiro atoms. The molecule has 0 aromatic heterocycles. The molecule has 11 nitrogen and oxygen atoms in total. The molecule has 2 aromatic rings. The molecule has 3 rings (SSSR count). The van der Waals surface area contributed by atoms with Gasteiger partial charge in [0.05, 0.1) is 23.0 Å². The third-order valence-corrected chi connectivity index (χ3v) is 5.89. The number of carbonyl (C=O) groups excluding carboxylic acids is 4. The number of amides is 2.